The van der Waals surface area contributed by atoms with Crippen molar-refractivity contribution in [2.24, 2.45) is 0 Å². The van der Waals surface area contributed by atoms with E-state index in [0.717, 1.165) is 34.5 Å². The molecule has 2 aromatic carbocycles. The predicted molar refractivity (Wildman–Crippen MR) is 131 cm³/mol. The first-order chi connectivity index (χ1) is 16.1. The second kappa shape index (κ2) is 8.83. The summed E-state index contributed by atoms with van der Waals surface area (Å²) in [6.07, 6.45) is 1.21. The smallest absolute Gasteiger partial charge is 0.336 e. The lowest BCUT2D eigenvalue weighted by Gasteiger charge is -2.36. The molecule has 2 atom stereocenters. The molecular weight excluding hydrogens is 430 g/mol. The van der Waals surface area contributed by atoms with Crippen molar-refractivity contribution >= 4 is 23.1 Å². The number of ketones is 1. The average molecular weight is 456 g/mol. The SMILES string of the molecule is COC(=O)C1=C(C)NC2=C(C(=O)C[C@@H](c3cccs3)C2)[C@H]1c1ccc(-c2ccccc2)cc1. The van der Waals surface area contributed by atoms with Crippen LogP contribution in [0.15, 0.2) is 94.7 Å². The number of ether oxygens (including phenoxy) is 1. The van der Waals surface area contributed by atoms with Crippen molar-refractivity contribution in [3.8, 4) is 11.1 Å². The van der Waals surface area contributed by atoms with Gasteiger partial charge in [-0.15, -0.1) is 11.3 Å². The normalized spacial score (nSPS) is 20.4. The molecule has 0 spiro atoms. The minimum absolute atomic E-state index is 0.0909. The van der Waals surface area contributed by atoms with Gasteiger partial charge in [0.1, 0.15) is 0 Å². The van der Waals surface area contributed by atoms with E-state index in [2.05, 4.69) is 41.0 Å². The number of nitrogens with one attached hydrogen (secondary N) is 1. The van der Waals surface area contributed by atoms with Crippen molar-refractivity contribution < 1.29 is 14.3 Å². The summed E-state index contributed by atoms with van der Waals surface area (Å²) < 4.78 is 5.13. The first-order valence-corrected chi connectivity index (χ1v) is 12.0. The monoisotopic (exact) mass is 455 g/mol. The molecule has 1 aliphatic carbocycles. The second-order valence-electron chi connectivity index (χ2n) is 8.51. The Morgan fingerprint density at radius 2 is 1.70 bits per heavy atom. The number of methoxy groups -OCH3 is 1. The van der Waals surface area contributed by atoms with Gasteiger partial charge >= 0.3 is 5.97 Å². The van der Waals surface area contributed by atoms with Crippen LogP contribution in [-0.4, -0.2) is 18.9 Å². The summed E-state index contributed by atoms with van der Waals surface area (Å²) in [6.45, 7) is 1.89. The number of allylic oxidation sites excluding steroid dienone is 3. The number of carbonyl (C=O) groups is 2. The van der Waals surface area contributed by atoms with E-state index in [1.165, 1.54) is 12.0 Å². The molecule has 5 rings (SSSR count). The number of benzene rings is 2. The number of Topliss-reactive ketones (excluding diaryl/α,β-unsaturated/α-hetero) is 1. The Kier molecular flexibility index (Phi) is 5.73. The maximum Gasteiger partial charge on any atom is 0.336 e. The van der Waals surface area contributed by atoms with Gasteiger partial charge in [0.15, 0.2) is 5.78 Å². The zero-order valence-corrected chi connectivity index (χ0v) is 19.4. The summed E-state index contributed by atoms with van der Waals surface area (Å²) in [7, 11) is 1.39. The van der Waals surface area contributed by atoms with E-state index in [-0.39, 0.29) is 11.7 Å². The van der Waals surface area contributed by atoms with Gasteiger partial charge in [-0.3, -0.25) is 4.79 Å². The summed E-state index contributed by atoms with van der Waals surface area (Å²) in [5, 5.41) is 5.44. The molecule has 1 N–H and O–H groups in total. The van der Waals surface area contributed by atoms with E-state index in [1.54, 1.807) is 11.3 Å². The molecule has 0 unspecified atom stereocenters. The highest BCUT2D eigenvalue weighted by molar-refractivity contribution is 7.10. The molecule has 2 aliphatic rings. The van der Waals surface area contributed by atoms with Crippen LogP contribution in [0.2, 0.25) is 0 Å². The van der Waals surface area contributed by atoms with Gasteiger partial charge in [0, 0.05) is 40.1 Å². The molecule has 1 aromatic heterocycles. The molecule has 0 saturated heterocycles. The van der Waals surface area contributed by atoms with Crippen molar-refractivity contribution in [1.82, 2.24) is 5.32 Å². The average Bonchev–Trinajstić information content (AvgIpc) is 3.38. The van der Waals surface area contributed by atoms with Crippen LogP contribution in [0.25, 0.3) is 11.1 Å². The van der Waals surface area contributed by atoms with Gasteiger partial charge in [-0.1, -0.05) is 60.7 Å². The standard InChI is InChI=1S/C28H25NO3S/c1-17-25(28(31)32-2)26(20-12-10-19(11-13-20)18-7-4-3-5-8-18)27-22(29-17)15-21(16-23(27)30)24-9-6-14-33-24/h3-14,21,26,29H,15-16H2,1-2H3/t21-,26-/m0/s1. The molecule has 0 amide bonds. The topological polar surface area (TPSA) is 55.4 Å². The van der Waals surface area contributed by atoms with Crippen LogP contribution < -0.4 is 5.32 Å². The fraction of sp³-hybridized carbons (Fsp3) is 0.214. The fourth-order valence-electron chi connectivity index (χ4n) is 4.98. The number of carbonyl (C=O) groups excluding carboxylic acids is 2. The third kappa shape index (κ3) is 3.93. The molecule has 2 heterocycles. The summed E-state index contributed by atoms with van der Waals surface area (Å²) in [4.78, 5) is 27.6. The van der Waals surface area contributed by atoms with E-state index in [1.807, 2.05) is 43.3 Å². The second-order valence-corrected chi connectivity index (χ2v) is 9.49. The number of hydrogen-bond donors (Lipinski definition) is 1. The molecule has 166 valence electrons. The zero-order chi connectivity index (χ0) is 22.9. The first kappa shape index (κ1) is 21.4. The van der Waals surface area contributed by atoms with E-state index >= 15 is 0 Å². The van der Waals surface area contributed by atoms with Gasteiger partial charge in [0.2, 0.25) is 0 Å². The number of thiophene rings is 1. The summed E-state index contributed by atoms with van der Waals surface area (Å²) >= 11 is 1.69. The molecule has 0 bridgehead atoms. The zero-order valence-electron chi connectivity index (χ0n) is 18.6. The molecular formula is C28H25NO3S. The van der Waals surface area contributed by atoms with Crippen molar-refractivity contribution in [1.29, 1.82) is 0 Å². The minimum Gasteiger partial charge on any atom is -0.466 e. The van der Waals surface area contributed by atoms with E-state index in [9.17, 15) is 9.59 Å². The Labute approximate surface area is 197 Å². The maximum absolute atomic E-state index is 13.5. The van der Waals surface area contributed by atoms with E-state index in [4.69, 9.17) is 4.74 Å². The van der Waals surface area contributed by atoms with E-state index < -0.39 is 11.9 Å². The van der Waals surface area contributed by atoms with Crippen LogP contribution in [-0.2, 0) is 14.3 Å². The highest BCUT2D eigenvalue weighted by Crippen LogP contribution is 2.46. The number of hydrogen-bond acceptors (Lipinski definition) is 5. The lowest BCUT2D eigenvalue weighted by molar-refractivity contribution is -0.136. The Balaban J connectivity index is 1.58. The quantitative estimate of drug-likeness (QED) is 0.494. The molecule has 33 heavy (non-hydrogen) atoms. The van der Waals surface area contributed by atoms with Gasteiger partial charge in [-0.05, 0) is 41.5 Å². The summed E-state index contributed by atoms with van der Waals surface area (Å²) in [5.74, 6) is -0.585. The van der Waals surface area contributed by atoms with Crippen LogP contribution >= 0.6 is 11.3 Å². The van der Waals surface area contributed by atoms with Crippen LogP contribution in [0, 0.1) is 0 Å². The fourth-order valence-corrected chi connectivity index (χ4v) is 5.81. The van der Waals surface area contributed by atoms with Crippen LogP contribution in [0.3, 0.4) is 0 Å². The Hall–Kier alpha value is -3.44. The van der Waals surface area contributed by atoms with Crippen molar-refractivity contribution in [2.45, 2.75) is 31.6 Å². The third-order valence-electron chi connectivity index (χ3n) is 6.53. The third-order valence-corrected chi connectivity index (χ3v) is 7.56. The number of esters is 1. The first-order valence-electron chi connectivity index (χ1n) is 11.1. The van der Waals surface area contributed by atoms with Gasteiger partial charge in [-0.25, -0.2) is 4.79 Å². The molecule has 1 aliphatic heterocycles. The highest BCUT2D eigenvalue weighted by atomic mass is 32.1. The van der Waals surface area contributed by atoms with Gasteiger partial charge in [-0.2, -0.15) is 0 Å². The van der Waals surface area contributed by atoms with Crippen LogP contribution in [0.1, 0.15) is 42.0 Å². The van der Waals surface area contributed by atoms with Crippen LogP contribution in [0.5, 0.6) is 0 Å². The van der Waals surface area contributed by atoms with E-state index in [0.29, 0.717) is 17.6 Å². The Morgan fingerprint density at radius 3 is 2.36 bits per heavy atom. The molecule has 5 heteroatoms. The van der Waals surface area contributed by atoms with Crippen molar-refractivity contribution in [3.63, 3.8) is 0 Å². The lowest BCUT2D eigenvalue weighted by atomic mass is 9.72. The molecule has 3 aromatic rings. The maximum atomic E-state index is 13.5. The molecule has 0 radical (unpaired) electrons. The van der Waals surface area contributed by atoms with Crippen molar-refractivity contribution in [3.05, 3.63) is 105 Å². The van der Waals surface area contributed by atoms with Gasteiger partial charge < -0.3 is 10.1 Å². The summed E-state index contributed by atoms with van der Waals surface area (Å²) in [5.41, 5.74) is 6.01. The predicted octanol–water partition coefficient (Wildman–Crippen LogP) is 5.95. The van der Waals surface area contributed by atoms with Crippen LogP contribution in [0.4, 0.5) is 0 Å². The van der Waals surface area contributed by atoms with Crippen molar-refractivity contribution in [2.75, 3.05) is 7.11 Å². The highest BCUT2D eigenvalue weighted by Gasteiger charge is 2.41. The lowest BCUT2D eigenvalue weighted by Crippen LogP contribution is -2.35. The minimum atomic E-state index is -0.435. The largest absolute Gasteiger partial charge is 0.466 e. The molecule has 0 fully saturated rings. The van der Waals surface area contributed by atoms with Gasteiger partial charge in [0.05, 0.1) is 12.7 Å². The van der Waals surface area contributed by atoms with Gasteiger partial charge in [0.25, 0.3) is 0 Å². The number of dihydropyridines is 1. The summed E-state index contributed by atoms with van der Waals surface area (Å²) in [6, 6.07) is 22.4. The Morgan fingerprint density at radius 1 is 0.970 bits per heavy atom. The molecule has 0 saturated carbocycles. The Bertz CT molecular complexity index is 1250. The number of rotatable bonds is 4. The molecule has 4 nitrogen and oxygen atoms in total.